The summed E-state index contributed by atoms with van der Waals surface area (Å²) >= 11 is 0. The van der Waals surface area contributed by atoms with Gasteiger partial charge in [0.15, 0.2) is 12.3 Å². The summed E-state index contributed by atoms with van der Waals surface area (Å²) in [5.74, 6) is -3.97. The van der Waals surface area contributed by atoms with E-state index in [0.717, 1.165) is 32.8 Å². The van der Waals surface area contributed by atoms with E-state index in [9.17, 15) is 54.1 Å². The molecular formula is C43H72BN7O12. The van der Waals surface area contributed by atoms with Crippen molar-refractivity contribution in [3.05, 3.63) is 42.1 Å². The van der Waals surface area contributed by atoms with Gasteiger partial charge in [0.2, 0.25) is 35.4 Å². The zero-order chi connectivity index (χ0) is 47.2. The molecule has 0 saturated carbocycles. The molecule has 1 heterocycles. The van der Waals surface area contributed by atoms with Crippen molar-refractivity contribution in [1.82, 2.24) is 36.8 Å². The SMILES string of the molecule is C=C(N[C@H](C(=O)N[C@@H](C)C(=O)N[C@@H](Cc1ccc(O)cc1)C(=O)NCB(O)O)C(O)OC)[C@H]1CCCN1C(=O)C(NC(=O)[C@H](CC(C)C)NC(=O)CCCCCCCCC)C(C)O. The van der Waals surface area contributed by atoms with Crippen molar-refractivity contribution in [3.8, 4) is 5.75 Å². The predicted octanol–water partition coefficient (Wildman–Crippen LogP) is 0.0173. The van der Waals surface area contributed by atoms with E-state index >= 15 is 0 Å². The summed E-state index contributed by atoms with van der Waals surface area (Å²) in [5.41, 5.74) is 0.673. The Balaban J connectivity index is 2.14. The fourth-order valence-corrected chi connectivity index (χ4v) is 7.18. The lowest BCUT2D eigenvalue weighted by atomic mass is 9.92. The first kappa shape index (κ1) is 54.4. The second-order valence-electron chi connectivity index (χ2n) is 16.7. The lowest BCUT2D eigenvalue weighted by Crippen LogP contribution is -2.60. The van der Waals surface area contributed by atoms with Crippen molar-refractivity contribution in [1.29, 1.82) is 0 Å². The number of amides is 6. The summed E-state index contributed by atoms with van der Waals surface area (Å²) in [5, 5.41) is 65.3. The largest absolute Gasteiger partial charge is 0.508 e. The Morgan fingerprint density at radius 3 is 2.03 bits per heavy atom. The number of unbranched alkanes of at least 4 members (excludes halogenated alkanes) is 6. The number of carbonyl (C=O) groups is 6. The molecule has 63 heavy (non-hydrogen) atoms. The summed E-state index contributed by atoms with van der Waals surface area (Å²) < 4.78 is 5.05. The summed E-state index contributed by atoms with van der Waals surface area (Å²) in [6.07, 6.45) is 5.02. The van der Waals surface area contributed by atoms with Crippen LogP contribution in [0.4, 0.5) is 0 Å². The van der Waals surface area contributed by atoms with Crippen LogP contribution < -0.4 is 31.9 Å². The Morgan fingerprint density at radius 2 is 1.44 bits per heavy atom. The van der Waals surface area contributed by atoms with Crippen molar-refractivity contribution in [2.45, 2.75) is 160 Å². The number of benzene rings is 1. The Bertz CT molecular complexity index is 1630. The second kappa shape index (κ2) is 28.1. The third-order valence-corrected chi connectivity index (χ3v) is 10.7. The Morgan fingerprint density at radius 1 is 0.810 bits per heavy atom. The number of phenolic OH excluding ortho intramolecular Hbond substituents is 1. The van der Waals surface area contributed by atoms with Gasteiger partial charge in [-0.15, -0.1) is 0 Å². The highest BCUT2D eigenvalue weighted by Gasteiger charge is 2.40. The van der Waals surface area contributed by atoms with Gasteiger partial charge in [-0.3, -0.25) is 28.8 Å². The Kier molecular flexibility index (Phi) is 24.3. The molecule has 1 fully saturated rings. The van der Waals surface area contributed by atoms with Gasteiger partial charge in [-0.05, 0) is 63.1 Å². The van der Waals surface area contributed by atoms with Crippen LogP contribution in [-0.4, -0.2) is 142 Å². The fourth-order valence-electron chi connectivity index (χ4n) is 7.18. The molecule has 0 radical (unpaired) electrons. The van der Waals surface area contributed by atoms with Crippen LogP contribution in [-0.2, 0) is 39.9 Å². The summed E-state index contributed by atoms with van der Waals surface area (Å²) in [7, 11) is -0.705. The molecule has 0 aromatic heterocycles. The van der Waals surface area contributed by atoms with Crippen LogP contribution in [0.2, 0.25) is 0 Å². The predicted molar refractivity (Wildman–Crippen MR) is 236 cm³/mol. The second-order valence-corrected chi connectivity index (χ2v) is 16.7. The summed E-state index contributed by atoms with van der Waals surface area (Å²) in [6, 6.07) is -1.33. The molecule has 6 amide bonds. The molecule has 1 aliphatic heterocycles. The number of methoxy groups -OCH3 is 1. The molecule has 3 unspecified atom stereocenters. The summed E-state index contributed by atoms with van der Waals surface area (Å²) in [4.78, 5) is 81.9. The molecule has 0 aliphatic carbocycles. The van der Waals surface area contributed by atoms with Crippen LogP contribution in [0, 0.1) is 5.92 Å². The Hall–Kier alpha value is -4.76. The molecule has 8 atom stereocenters. The van der Waals surface area contributed by atoms with Crippen LogP contribution in [0.3, 0.4) is 0 Å². The van der Waals surface area contributed by atoms with E-state index in [1.807, 2.05) is 13.8 Å². The number of likely N-dealkylation sites (tertiary alicyclic amines) is 1. The molecule has 1 aliphatic rings. The number of aliphatic hydroxyl groups excluding tert-OH is 2. The smallest absolute Gasteiger partial charge is 0.472 e. The molecule has 2 rings (SSSR count). The van der Waals surface area contributed by atoms with Crippen LogP contribution >= 0.6 is 0 Å². The van der Waals surface area contributed by atoms with Crippen molar-refractivity contribution < 1.29 is 58.9 Å². The molecule has 19 nitrogen and oxygen atoms in total. The first-order chi connectivity index (χ1) is 29.8. The minimum Gasteiger partial charge on any atom is -0.508 e. The number of phenols is 1. The van der Waals surface area contributed by atoms with Crippen molar-refractivity contribution in [2.24, 2.45) is 5.92 Å². The normalized spacial score (nSPS) is 17.0. The highest BCUT2D eigenvalue weighted by Crippen LogP contribution is 2.24. The third-order valence-electron chi connectivity index (χ3n) is 10.7. The Labute approximate surface area is 371 Å². The average Bonchev–Trinajstić information content (AvgIpc) is 3.73. The van der Waals surface area contributed by atoms with Crippen molar-refractivity contribution in [3.63, 3.8) is 0 Å². The molecule has 11 N–H and O–H groups in total. The van der Waals surface area contributed by atoms with Crippen LogP contribution in [0.5, 0.6) is 5.75 Å². The molecule has 0 bridgehead atoms. The van der Waals surface area contributed by atoms with E-state index in [1.54, 1.807) is 0 Å². The number of aliphatic hydroxyl groups is 2. The number of aromatic hydroxyl groups is 1. The van der Waals surface area contributed by atoms with E-state index in [1.165, 1.54) is 55.9 Å². The van der Waals surface area contributed by atoms with E-state index in [0.29, 0.717) is 31.2 Å². The van der Waals surface area contributed by atoms with Gasteiger partial charge >= 0.3 is 7.12 Å². The molecule has 354 valence electrons. The van der Waals surface area contributed by atoms with Gasteiger partial charge < -0.3 is 66.9 Å². The summed E-state index contributed by atoms with van der Waals surface area (Å²) in [6.45, 7) is 12.9. The van der Waals surface area contributed by atoms with Gasteiger partial charge in [0.1, 0.15) is 29.9 Å². The number of rotatable bonds is 29. The van der Waals surface area contributed by atoms with Crippen LogP contribution in [0.25, 0.3) is 0 Å². The number of nitrogens with zero attached hydrogens (tertiary/aromatic N) is 1. The zero-order valence-corrected chi connectivity index (χ0v) is 37.7. The number of hydrogen-bond donors (Lipinski definition) is 11. The van der Waals surface area contributed by atoms with Crippen LogP contribution in [0.15, 0.2) is 36.5 Å². The fraction of sp³-hybridized carbons (Fsp3) is 0.674. The number of carbonyl (C=O) groups excluding carboxylic acids is 6. The van der Waals surface area contributed by atoms with Crippen molar-refractivity contribution in [2.75, 3.05) is 20.1 Å². The number of ether oxygens (including phenoxy) is 1. The van der Waals surface area contributed by atoms with E-state index < -0.39 is 91.7 Å². The highest BCUT2D eigenvalue weighted by atomic mass is 16.6. The first-order valence-corrected chi connectivity index (χ1v) is 22.1. The molecule has 1 saturated heterocycles. The van der Waals surface area contributed by atoms with E-state index in [2.05, 4.69) is 45.4 Å². The standard InChI is InChI=1S/C43H72BN7O12/c1-8-9-10-11-12-13-14-17-35(54)48-32(23-26(2)3)40(57)50-36(29(6)52)42(59)51-22-15-16-34(51)27(4)46-37(43(60)63-7)41(58)47-28(5)38(55)49-33(39(56)45-25-44(61)62)24-30-18-20-31(53)21-19-30/h18-21,26,28-29,32-34,36-37,43,46,52-53,60-62H,4,8-17,22-25H2,1-3,5-7H3,(H,45,56)(H,47,58)(H,48,54)(H,49,55)(H,50,57)/t28-,29?,32-,33-,34+,36?,37+,43?/m0/s1. The van der Waals surface area contributed by atoms with Crippen molar-refractivity contribution >= 4 is 42.6 Å². The van der Waals surface area contributed by atoms with Gasteiger partial charge in [-0.25, -0.2) is 0 Å². The lowest BCUT2D eigenvalue weighted by Gasteiger charge is -2.34. The quantitative estimate of drug-likeness (QED) is 0.0288. The molecule has 1 aromatic rings. The maximum atomic E-state index is 14.1. The maximum Gasteiger partial charge on any atom is 0.472 e. The topological polar surface area (TPSA) is 288 Å². The highest BCUT2D eigenvalue weighted by molar-refractivity contribution is 6.41. The third kappa shape index (κ3) is 19.3. The minimum absolute atomic E-state index is 0.0185. The van der Waals surface area contributed by atoms with E-state index in [-0.39, 0.29) is 42.7 Å². The maximum absolute atomic E-state index is 14.1. The number of hydrogen-bond acceptors (Lipinski definition) is 13. The zero-order valence-electron chi connectivity index (χ0n) is 37.7. The van der Waals surface area contributed by atoms with E-state index in [4.69, 9.17) is 4.74 Å². The van der Waals surface area contributed by atoms with Gasteiger partial charge in [0.25, 0.3) is 0 Å². The molecule has 1 aromatic carbocycles. The molecule has 20 heteroatoms. The van der Waals surface area contributed by atoms with Gasteiger partial charge in [0, 0.05) is 32.2 Å². The van der Waals surface area contributed by atoms with Gasteiger partial charge in [0.05, 0.1) is 18.6 Å². The molecule has 0 spiro atoms. The minimum atomic E-state index is -1.85. The first-order valence-electron chi connectivity index (χ1n) is 22.1. The van der Waals surface area contributed by atoms with Gasteiger partial charge in [-0.1, -0.05) is 78.0 Å². The number of nitrogens with one attached hydrogen (secondary N) is 6. The average molecular weight is 890 g/mol. The van der Waals surface area contributed by atoms with Gasteiger partial charge in [-0.2, -0.15) is 0 Å². The van der Waals surface area contributed by atoms with Crippen LogP contribution in [0.1, 0.15) is 111 Å². The molecular weight excluding hydrogens is 817 g/mol. The monoisotopic (exact) mass is 890 g/mol. The lowest BCUT2D eigenvalue weighted by molar-refractivity contribution is -0.143.